The van der Waals surface area contributed by atoms with Gasteiger partial charge < -0.3 is 10.8 Å². The Hall–Kier alpha value is -0.540. The Morgan fingerprint density at radius 1 is 1.36 bits per heavy atom. The smallest absolute Gasteiger partial charge is 0.122 e. The maximum atomic E-state index is 9.82. The average Bonchev–Trinajstić information content (AvgIpc) is 2.18. The van der Waals surface area contributed by atoms with Crippen LogP contribution in [0.5, 0.6) is 5.75 Å². The van der Waals surface area contributed by atoms with Crippen LogP contribution in [-0.4, -0.2) is 11.7 Å². The van der Waals surface area contributed by atoms with E-state index < -0.39 is 0 Å². The Morgan fingerprint density at radius 2 is 2.07 bits per heavy atom. The highest BCUT2D eigenvalue weighted by molar-refractivity contribution is 9.10. The highest BCUT2D eigenvalue weighted by Gasteiger charge is 2.07. The molecule has 0 heterocycles. The van der Waals surface area contributed by atoms with Crippen molar-refractivity contribution in [3.05, 3.63) is 27.7 Å². The topological polar surface area (TPSA) is 46.2 Å². The van der Waals surface area contributed by atoms with Gasteiger partial charge in [-0.1, -0.05) is 22.0 Å². The van der Waals surface area contributed by atoms with Crippen molar-refractivity contribution >= 4 is 15.9 Å². The van der Waals surface area contributed by atoms with Crippen LogP contribution < -0.4 is 5.73 Å². The zero-order valence-electron chi connectivity index (χ0n) is 8.39. The van der Waals surface area contributed by atoms with E-state index in [1.165, 1.54) is 0 Å². The minimum atomic E-state index is 0.413. The van der Waals surface area contributed by atoms with Crippen molar-refractivity contribution in [2.45, 2.75) is 26.2 Å². The van der Waals surface area contributed by atoms with Gasteiger partial charge in [-0.05, 0) is 44.4 Å². The number of nitrogens with two attached hydrogens (primary N) is 1. The third kappa shape index (κ3) is 2.72. The molecule has 0 radical (unpaired) electrons. The van der Waals surface area contributed by atoms with E-state index in [2.05, 4.69) is 15.9 Å². The van der Waals surface area contributed by atoms with Crippen LogP contribution in [-0.2, 0) is 6.42 Å². The SMILES string of the molecule is Cc1ccc(Br)c(CCCCN)c1O. The first-order valence-electron chi connectivity index (χ1n) is 4.84. The molecule has 3 heteroatoms. The van der Waals surface area contributed by atoms with E-state index in [1.807, 2.05) is 19.1 Å². The number of aromatic hydroxyl groups is 1. The van der Waals surface area contributed by atoms with Crippen LogP contribution in [0.2, 0.25) is 0 Å². The molecule has 78 valence electrons. The van der Waals surface area contributed by atoms with Crippen LogP contribution in [0.15, 0.2) is 16.6 Å². The first-order valence-corrected chi connectivity index (χ1v) is 5.63. The van der Waals surface area contributed by atoms with Crippen molar-refractivity contribution in [2.24, 2.45) is 5.73 Å². The number of phenolic OH excluding ortho intramolecular Hbond substituents is 1. The molecule has 0 aliphatic carbocycles. The number of rotatable bonds is 4. The van der Waals surface area contributed by atoms with Crippen LogP contribution in [0.3, 0.4) is 0 Å². The van der Waals surface area contributed by atoms with Crippen LogP contribution >= 0.6 is 15.9 Å². The predicted molar refractivity (Wildman–Crippen MR) is 62.5 cm³/mol. The third-order valence-electron chi connectivity index (χ3n) is 2.31. The molecule has 0 atom stereocenters. The molecule has 0 aromatic heterocycles. The van der Waals surface area contributed by atoms with Crippen molar-refractivity contribution < 1.29 is 5.11 Å². The minimum absolute atomic E-state index is 0.413. The van der Waals surface area contributed by atoms with E-state index in [9.17, 15) is 5.11 Å². The lowest BCUT2D eigenvalue weighted by Crippen LogP contribution is -1.99. The van der Waals surface area contributed by atoms with Crippen molar-refractivity contribution in [2.75, 3.05) is 6.54 Å². The zero-order valence-corrected chi connectivity index (χ0v) is 9.97. The fourth-order valence-electron chi connectivity index (χ4n) is 1.41. The summed E-state index contributed by atoms with van der Waals surface area (Å²) in [5.41, 5.74) is 7.35. The fourth-order valence-corrected chi connectivity index (χ4v) is 1.93. The standard InChI is InChI=1S/C11H16BrNO/c1-8-5-6-10(12)9(11(8)14)4-2-3-7-13/h5-6,14H,2-4,7,13H2,1H3. The summed E-state index contributed by atoms with van der Waals surface area (Å²) in [6.07, 6.45) is 2.90. The summed E-state index contributed by atoms with van der Waals surface area (Å²) in [6.45, 7) is 2.62. The zero-order chi connectivity index (χ0) is 10.6. The normalized spacial score (nSPS) is 10.5. The molecule has 0 aliphatic rings. The number of hydrogen-bond donors (Lipinski definition) is 2. The number of phenols is 1. The molecular formula is C11H16BrNO. The first-order chi connectivity index (χ1) is 6.66. The van der Waals surface area contributed by atoms with Crippen molar-refractivity contribution in [1.29, 1.82) is 0 Å². The van der Waals surface area contributed by atoms with E-state index in [0.717, 1.165) is 34.9 Å². The number of benzene rings is 1. The summed E-state index contributed by atoms with van der Waals surface area (Å²) in [4.78, 5) is 0. The Balaban J connectivity index is 2.79. The summed E-state index contributed by atoms with van der Waals surface area (Å²) >= 11 is 3.44. The van der Waals surface area contributed by atoms with E-state index in [4.69, 9.17) is 5.73 Å². The molecule has 0 saturated heterocycles. The van der Waals surface area contributed by atoms with Crippen LogP contribution in [0, 0.1) is 6.92 Å². The van der Waals surface area contributed by atoms with Gasteiger partial charge in [0, 0.05) is 10.0 Å². The molecule has 0 amide bonds. The second-order valence-corrected chi connectivity index (χ2v) is 4.29. The molecule has 0 fully saturated rings. The van der Waals surface area contributed by atoms with Crippen molar-refractivity contribution in [1.82, 2.24) is 0 Å². The number of halogens is 1. The predicted octanol–water partition coefficient (Wildman–Crippen LogP) is 2.74. The second kappa shape index (κ2) is 5.37. The van der Waals surface area contributed by atoms with E-state index in [0.29, 0.717) is 12.3 Å². The largest absolute Gasteiger partial charge is 0.507 e. The summed E-state index contributed by atoms with van der Waals surface area (Å²) < 4.78 is 0.984. The maximum absolute atomic E-state index is 9.82. The van der Waals surface area contributed by atoms with Gasteiger partial charge in [-0.15, -0.1) is 0 Å². The quantitative estimate of drug-likeness (QED) is 0.816. The van der Waals surface area contributed by atoms with Gasteiger partial charge in [0.15, 0.2) is 0 Å². The molecule has 1 aromatic rings. The summed E-state index contributed by atoms with van der Waals surface area (Å²) in [5.74, 6) is 0.413. The third-order valence-corrected chi connectivity index (χ3v) is 3.05. The Labute approximate surface area is 93.3 Å². The van der Waals surface area contributed by atoms with Gasteiger partial charge in [0.25, 0.3) is 0 Å². The Bertz CT molecular complexity index is 312. The molecule has 0 saturated carbocycles. The van der Waals surface area contributed by atoms with Crippen molar-refractivity contribution in [3.63, 3.8) is 0 Å². The van der Waals surface area contributed by atoms with Gasteiger partial charge >= 0.3 is 0 Å². The molecule has 0 spiro atoms. The molecular weight excluding hydrogens is 242 g/mol. The van der Waals surface area contributed by atoms with Crippen LogP contribution in [0.1, 0.15) is 24.0 Å². The van der Waals surface area contributed by atoms with Gasteiger partial charge in [0.05, 0.1) is 0 Å². The van der Waals surface area contributed by atoms with E-state index in [1.54, 1.807) is 0 Å². The summed E-state index contributed by atoms with van der Waals surface area (Å²) in [7, 11) is 0. The van der Waals surface area contributed by atoms with Gasteiger partial charge in [-0.25, -0.2) is 0 Å². The lowest BCUT2D eigenvalue weighted by atomic mass is 10.0. The van der Waals surface area contributed by atoms with Crippen LogP contribution in [0.4, 0.5) is 0 Å². The van der Waals surface area contributed by atoms with Crippen molar-refractivity contribution in [3.8, 4) is 5.75 Å². The average molecular weight is 258 g/mol. The van der Waals surface area contributed by atoms with Gasteiger partial charge in [-0.2, -0.15) is 0 Å². The summed E-state index contributed by atoms with van der Waals surface area (Å²) in [6, 6.07) is 3.89. The molecule has 1 rings (SSSR count). The second-order valence-electron chi connectivity index (χ2n) is 3.44. The highest BCUT2D eigenvalue weighted by Crippen LogP contribution is 2.30. The minimum Gasteiger partial charge on any atom is -0.507 e. The van der Waals surface area contributed by atoms with E-state index in [-0.39, 0.29) is 0 Å². The fraction of sp³-hybridized carbons (Fsp3) is 0.455. The van der Waals surface area contributed by atoms with Crippen LogP contribution in [0.25, 0.3) is 0 Å². The Morgan fingerprint density at radius 3 is 2.71 bits per heavy atom. The molecule has 2 nitrogen and oxygen atoms in total. The lowest BCUT2D eigenvalue weighted by molar-refractivity contribution is 0.462. The molecule has 0 bridgehead atoms. The number of hydrogen-bond acceptors (Lipinski definition) is 2. The molecule has 14 heavy (non-hydrogen) atoms. The molecule has 0 unspecified atom stereocenters. The molecule has 1 aromatic carbocycles. The number of aryl methyl sites for hydroxylation is 1. The monoisotopic (exact) mass is 257 g/mol. The van der Waals surface area contributed by atoms with Gasteiger partial charge in [-0.3, -0.25) is 0 Å². The van der Waals surface area contributed by atoms with Gasteiger partial charge in [0.1, 0.15) is 5.75 Å². The molecule has 0 aliphatic heterocycles. The van der Waals surface area contributed by atoms with Gasteiger partial charge in [0.2, 0.25) is 0 Å². The highest BCUT2D eigenvalue weighted by atomic mass is 79.9. The number of unbranched alkanes of at least 4 members (excludes halogenated alkanes) is 1. The van der Waals surface area contributed by atoms with E-state index >= 15 is 0 Å². The maximum Gasteiger partial charge on any atom is 0.122 e. The first kappa shape index (κ1) is 11.5. The molecule has 3 N–H and O–H groups in total. The Kier molecular flexibility index (Phi) is 4.42. The summed E-state index contributed by atoms with van der Waals surface area (Å²) in [5, 5.41) is 9.82. The lowest BCUT2D eigenvalue weighted by Gasteiger charge is -2.09.